The predicted molar refractivity (Wildman–Crippen MR) is 126 cm³/mol. The van der Waals surface area contributed by atoms with Crippen molar-refractivity contribution in [1.29, 1.82) is 0 Å². The van der Waals surface area contributed by atoms with Crippen LogP contribution < -0.4 is 4.90 Å². The number of carbonyl (C=O) groups excluding carboxylic acids is 4. The summed E-state index contributed by atoms with van der Waals surface area (Å²) in [6.07, 6.45) is -0.924. The minimum atomic E-state index is -2.06. The van der Waals surface area contributed by atoms with Crippen LogP contribution in [0, 0.1) is 18.8 Å². The molecule has 2 aliphatic heterocycles. The van der Waals surface area contributed by atoms with Crippen LogP contribution in [0.15, 0.2) is 77.3 Å². The summed E-state index contributed by atoms with van der Waals surface area (Å²) in [6.45, 7) is 1.91. The Bertz CT molecular complexity index is 1360. The SMILES string of the molecule is Cc1ccc(N2C(=O)C3C(c4ccc(Br)cc4)OC4(C(=O)c5ccccc5C4=O)C3C2=O)cc1. The van der Waals surface area contributed by atoms with E-state index in [0.29, 0.717) is 11.3 Å². The third-order valence-corrected chi connectivity index (χ3v) is 7.54. The van der Waals surface area contributed by atoms with Gasteiger partial charge in [-0.25, -0.2) is 4.90 Å². The van der Waals surface area contributed by atoms with E-state index in [1.165, 1.54) is 0 Å². The number of aryl methyl sites for hydroxylation is 1. The first-order valence-corrected chi connectivity index (χ1v) is 11.7. The lowest BCUT2D eigenvalue weighted by Gasteiger charge is -2.27. The summed E-state index contributed by atoms with van der Waals surface area (Å²) in [4.78, 5) is 56.1. The molecule has 3 unspecified atom stereocenters. The number of ketones is 2. The number of benzene rings is 3. The van der Waals surface area contributed by atoms with E-state index in [4.69, 9.17) is 4.74 Å². The number of imide groups is 1. The fourth-order valence-electron chi connectivity index (χ4n) is 5.42. The number of anilines is 1. The molecule has 1 aliphatic carbocycles. The first kappa shape index (κ1) is 21.1. The van der Waals surface area contributed by atoms with Crippen LogP contribution in [0.25, 0.3) is 0 Å². The smallest absolute Gasteiger partial charge is 0.241 e. The van der Waals surface area contributed by atoms with Crippen LogP contribution >= 0.6 is 15.9 Å². The summed E-state index contributed by atoms with van der Waals surface area (Å²) < 4.78 is 7.10. The highest BCUT2D eigenvalue weighted by atomic mass is 79.9. The molecule has 0 bridgehead atoms. The van der Waals surface area contributed by atoms with Crippen molar-refractivity contribution in [2.45, 2.75) is 18.6 Å². The van der Waals surface area contributed by atoms with Gasteiger partial charge in [-0.05, 0) is 36.8 Å². The lowest BCUT2D eigenvalue weighted by atomic mass is 9.77. The Kier molecular flexibility index (Phi) is 4.53. The molecule has 3 atom stereocenters. The van der Waals surface area contributed by atoms with E-state index in [2.05, 4.69) is 15.9 Å². The van der Waals surface area contributed by atoms with Crippen molar-refractivity contribution in [3.63, 3.8) is 0 Å². The molecule has 0 radical (unpaired) electrons. The van der Waals surface area contributed by atoms with Crippen molar-refractivity contribution >= 4 is 45.0 Å². The van der Waals surface area contributed by atoms with Crippen molar-refractivity contribution in [3.05, 3.63) is 99.5 Å². The summed E-state index contributed by atoms with van der Waals surface area (Å²) in [5.41, 5.74) is 0.396. The van der Waals surface area contributed by atoms with Crippen LogP contribution in [0.2, 0.25) is 0 Å². The van der Waals surface area contributed by atoms with Crippen LogP contribution in [0.4, 0.5) is 5.69 Å². The fourth-order valence-corrected chi connectivity index (χ4v) is 5.68. The number of hydrogen-bond donors (Lipinski definition) is 0. The van der Waals surface area contributed by atoms with Crippen LogP contribution in [-0.4, -0.2) is 29.0 Å². The number of carbonyl (C=O) groups is 4. The fraction of sp³-hybridized carbons (Fsp3) is 0.185. The van der Waals surface area contributed by atoms with Gasteiger partial charge in [0, 0.05) is 15.6 Å². The van der Waals surface area contributed by atoms with Gasteiger partial charge in [-0.1, -0.05) is 70.0 Å². The van der Waals surface area contributed by atoms with E-state index < -0.39 is 46.9 Å². The Morgan fingerprint density at radius 3 is 1.97 bits per heavy atom. The van der Waals surface area contributed by atoms with Crippen LogP contribution in [0.3, 0.4) is 0 Å². The van der Waals surface area contributed by atoms with Crippen molar-refractivity contribution < 1.29 is 23.9 Å². The Morgan fingerprint density at radius 2 is 1.38 bits per heavy atom. The second-order valence-electron chi connectivity index (χ2n) is 8.88. The lowest BCUT2D eigenvalue weighted by molar-refractivity contribution is -0.127. The van der Waals surface area contributed by atoms with Gasteiger partial charge in [0.1, 0.15) is 0 Å². The monoisotopic (exact) mass is 515 g/mol. The second-order valence-corrected chi connectivity index (χ2v) is 9.80. The maximum atomic E-state index is 13.8. The molecular weight excluding hydrogens is 498 g/mol. The number of nitrogens with zero attached hydrogens (tertiary/aromatic N) is 1. The number of fused-ring (bicyclic) bond motifs is 3. The Balaban J connectivity index is 1.54. The Labute approximate surface area is 203 Å². The lowest BCUT2D eigenvalue weighted by Crippen LogP contribution is -2.51. The van der Waals surface area contributed by atoms with E-state index >= 15 is 0 Å². The number of halogens is 1. The molecule has 2 heterocycles. The Morgan fingerprint density at radius 1 is 0.794 bits per heavy atom. The molecule has 2 saturated heterocycles. The quantitative estimate of drug-likeness (QED) is 0.372. The minimum absolute atomic E-state index is 0.219. The molecule has 2 amide bonds. The molecule has 3 aliphatic rings. The van der Waals surface area contributed by atoms with E-state index in [9.17, 15) is 19.2 Å². The first-order valence-electron chi connectivity index (χ1n) is 10.9. The molecule has 168 valence electrons. The third-order valence-electron chi connectivity index (χ3n) is 7.01. The van der Waals surface area contributed by atoms with Crippen LogP contribution in [0.5, 0.6) is 0 Å². The van der Waals surface area contributed by atoms with Gasteiger partial charge in [0.05, 0.1) is 23.6 Å². The van der Waals surface area contributed by atoms with E-state index in [1.807, 2.05) is 19.1 Å². The average molecular weight is 516 g/mol. The first-order chi connectivity index (χ1) is 16.3. The summed E-state index contributed by atoms with van der Waals surface area (Å²) >= 11 is 3.40. The van der Waals surface area contributed by atoms with Gasteiger partial charge in [0.25, 0.3) is 0 Å². The van der Waals surface area contributed by atoms with Crippen molar-refractivity contribution in [2.75, 3.05) is 4.90 Å². The maximum absolute atomic E-state index is 13.8. The molecule has 0 saturated carbocycles. The molecule has 3 aromatic rings. The van der Waals surface area contributed by atoms with Gasteiger partial charge < -0.3 is 4.74 Å². The van der Waals surface area contributed by atoms with E-state index in [-0.39, 0.29) is 11.1 Å². The molecule has 0 aromatic heterocycles. The van der Waals surface area contributed by atoms with Crippen LogP contribution in [0.1, 0.15) is 37.9 Å². The van der Waals surface area contributed by atoms with Gasteiger partial charge in [0.15, 0.2) is 0 Å². The average Bonchev–Trinajstić information content (AvgIpc) is 3.40. The second kappa shape index (κ2) is 7.29. The largest absolute Gasteiger partial charge is 0.349 e. The molecule has 34 heavy (non-hydrogen) atoms. The number of ether oxygens (including phenoxy) is 1. The maximum Gasteiger partial charge on any atom is 0.241 e. The molecule has 7 heteroatoms. The zero-order chi connectivity index (χ0) is 23.8. The third kappa shape index (κ3) is 2.65. The van der Waals surface area contributed by atoms with Crippen molar-refractivity contribution in [1.82, 2.24) is 0 Å². The zero-order valence-electron chi connectivity index (χ0n) is 18.0. The number of hydrogen-bond acceptors (Lipinski definition) is 5. The summed E-state index contributed by atoms with van der Waals surface area (Å²) in [6, 6.07) is 20.6. The highest BCUT2D eigenvalue weighted by Gasteiger charge is 2.74. The minimum Gasteiger partial charge on any atom is -0.349 e. The van der Waals surface area contributed by atoms with E-state index in [0.717, 1.165) is 14.9 Å². The number of rotatable bonds is 2. The summed E-state index contributed by atoms with van der Waals surface area (Å²) in [5.74, 6) is -4.43. The van der Waals surface area contributed by atoms with Crippen LogP contribution in [-0.2, 0) is 14.3 Å². The molecule has 6 rings (SSSR count). The highest BCUT2D eigenvalue weighted by Crippen LogP contribution is 2.57. The highest BCUT2D eigenvalue weighted by molar-refractivity contribution is 9.10. The molecular formula is C27H18BrNO5. The van der Waals surface area contributed by atoms with Gasteiger partial charge in [-0.2, -0.15) is 0 Å². The normalized spacial score (nSPS) is 24.8. The van der Waals surface area contributed by atoms with E-state index in [1.54, 1.807) is 60.7 Å². The van der Waals surface area contributed by atoms with Gasteiger partial charge >= 0.3 is 0 Å². The molecule has 0 N–H and O–H groups in total. The standard InChI is InChI=1S/C27H18BrNO5/c1-14-6-12-17(13-7-14)29-25(32)20-21(26(29)33)27(34-22(20)15-8-10-16(28)11-9-15)23(30)18-4-2-3-5-19(18)24(27)31/h2-13,20-22H,1H3. The molecule has 3 aromatic carbocycles. The molecule has 2 fully saturated rings. The van der Waals surface area contributed by atoms with Crippen molar-refractivity contribution in [3.8, 4) is 0 Å². The van der Waals surface area contributed by atoms with Gasteiger partial charge in [-0.3, -0.25) is 19.2 Å². The number of Topliss-reactive ketones (excluding diaryl/α,β-unsaturated/α-hetero) is 2. The van der Waals surface area contributed by atoms with Crippen molar-refractivity contribution in [2.24, 2.45) is 11.8 Å². The topological polar surface area (TPSA) is 80.8 Å². The Hall–Kier alpha value is -3.42. The molecule has 6 nitrogen and oxygen atoms in total. The van der Waals surface area contributed by atoms with Gasteiger partial charge in [0.2, 0.25) is 29.0 Å². The summed E-state index contributed by atoms with van der Waals surface area (Å²) in [5, 5.41) is 0. The summed E-state index contributed by atoms with van der Waals surface area (Å²) in [7, 11) is 0. The zero-order valence-corrected chi connectivity index (χ0v) is 19.6. The molecule has 1 spiro atoms. The predicted octanol–water partition coefficient (Wildman–Crippen LogP) is 4.45. The van der Waals surface area contributed by atoms with Gasteiger partial charge in [-0.15, -0.1) is 0 Å². The number of amides is 2.